The lowest BCUT2D eigenvalue weighted by Gasteiger charge is -2.05. The average Bonchev–Trinajstić information content (AvgIpc) is 2.90. The SMILES string of the molecule is Cc1ccc(Cc2ccc3nonc3c2[N+](=O)[O-])cc1F. The number of halogens is 1. The van der Waals surface area contributed by atoms with E-state index in [0.717, 1.165) is 0 Å². The van der Waals surface area contributed by atoms with Crippen molar-refractivity contribution in [2.24, 2.45) is 0 Å². The molecule has 106 valence electrons. The number of nitrogens with zero attached hydrogens (tertiary/aromatic N) is 3. The van der Waals surface area contributed by atoms with Crippen LogP contribution < -0.4 is 0 Å². The van der Waals surface area contributed by atoms with E-state index < -0.39 is 4.92 Å². The van der Waals surface area contributed by atoms with Gasteiger partial charge in [0.2, 0.25) is 5.52 Å². The highest BCUT2D eigenvalue weighted by atomic mass is 19.1. The first-order chi connectivity index (χ1) is 10.1. The number of benzene rings is 2. The highest BCUT2D eigenvalue weighted by molar-refractivity contribution is 5.85. The van der Waals surface area contributed by atoms with Crippen LogP contribution >= 0.6 is 0 Å². The molecule has 7 heteroatoms. The molecule has 2 aromatic carbocycles. The predicted molar refractivity (Wildman–Crippen MR) is 72.4 cm³/mol. The minimum absolute atomic E-state index is 0.102. The maximum atomic E-state index is 13.6. The molecule has 0 N–H and O–H groups in total. The number of nitro benzene ring substituents is 1. The van der Waals surface area contributed by atoms with Gasteiger partial charge in [0.15, 0.2) is 0 Å². The summed E-state index contributed by atoms with van der Waals surface area (Å²) in [6, 6.07) is 7.95. The van der Waals surface area contributed by atoms with Gasteiger partial charge in [-0.2, -0.15) is 0 Å². The van der Waals surface area contributed by atoms with E-state index in [1.807, 2.05) is 0 Å². The van der Waals surface area contributed by atoms with Gasteiger partial charge in [-0.05, 0) is 46.6 Å². The first kappa shape index (κ1) is 13.2. The second kappa shape index (κ2) is 4.93. The Morgan fingerprint density at radius 1 is 1.29 bits per heavy atom. The van der Waals surface area contributed by atoms with Crippen LogP contribution in [0.1, 0.15) is 16.7 Å². The van der Waals surface area contributed by atoms with Crippen molar-refractivity contribution in [3.8, 4) is 0 Å². The molecule has 0 saturated carbocycles. The molecule has 6 nitrogen and oxygen atoms in total. The molecule has 0 saturated heterocycles. The topological polar surface area (TPSA) is 82.1 Å². The highest BCUT2D eigenvalue weighted by Gasteiger charge is 2.22. The average molecular weight is 287 g/mol. The summed E-state index contributed by atoms with van der Waals surface area (Å²) in [5, 5.41) is 18.4. The van der Waals surface area contributed by atoms with Crippen molar-refractivity contribution in [3.63, 3.8) is 0 Å². The van der Waals surface area contributed by atoms with E-state index in [1.165, 1.54) is 6.07 Å². The monoisotopic (exact) mass is 287 g/mol. The third-order valence-electron chi connectivity index (χ3n) is 3.30. The van der Waals surface area contributed by atoms with E-state index >= 15 is 0 Å². The van der Waals surface area contributed by atoms with E-state index in [1.54, 1.807) is 31.2 Å². The molecular weight excluding hydrogens is 277 g/mol. The van der Waals surface area contributed by atoms with Gasteiger partial charge in [0.1, 0.15) is 11.3 Å². The van der Waals surface area contributed by atoms with Crippen LogP contribution in [0.3, 0.4) is 0 Å². The molecule has 0 amide bonds. The Hall–Kier alpha value is -2.83. The van der Waals surface area contributed by atoms with Crippen molar-refractivity contribution in [2.75, 3.05) is 0 Å². The van der Waals surface area contributed by atoms with Gasteiger partial charge in [-0.15, -0.1) is 0 Å². The number of hydrogen-bond donors (Lipinski definition) is 0. The highest BCUT2D eigenvalue weighted by Crippen LogP contribution is 2.29. The Balaban J connectivity index is 2.09. The molecule has 0 aliphatic heterocycles. The maximum absolute atomic E-state index is 13.6. The summed E-state index contributed by atoms with van der Waals surface area (Å²) in [6.45, 7) is 1.66. The van der Waals surface area contributed by atoms with Gasteiger partial charge in [0.05, 0.1) is 4.92 Å². The Kier molecular flexibility index (Phi) is 3.09. The molecule has 0 unspecified atom stereocenters. The fourth-order valence-electron chi connectivity index (χ4n) is 2.19. The predicted octanol–water partition coefficient (Wildman–Crippen LogP) is 3.17. The van der Waals surface area contributed by atoms with Crippen LogP contribution in [0, 0.1) is 22.9 Å². The van der Waals surface area contributed by atoms with Gasteiger partial charge in [-0.3, -0.25) is 10.1 Å². The number of aromatic nitrogens is 2. The van der Waals surface area contributed by atoms with Crippen LogP contribution in [-0.4, -0.2) is 15.2 Å². The lowest BCUT2D eigenvalue weighted by atomic mass is 10.0. The van der Waals surface area contributed by atoms with Crippen LogP contribution in [0.2, 0.25) is 0 Å². The summed E-state index contributed by atoms with van der Waals surface area (Å²) in [6.07, 6.45) is 0.232. The molecule has 3 aromatic rings. The zero-order chi connectivity index (χ0) is 15.0. The molecule has 1 aromatic heterocycles. The van der Waals surface area contributed by atoms with Crippen LogP contribution in [-0.2, 0) is 6.42 Å². The molecule has 0 spiro atoms. The van der Waals surface area contributed by atoms with E-state index in [-0.39, 0.29) is 23.4 Å². The largest absolute Gasteiger partial charge is 0.304 e. The summed E-state index contributed by atoms with van der Waals surface area (Å²) in [4.78, 5) is 10.7. The quantitative estimate of drug-likeness (QED) is 0.546. The van der Waals surface area contributed by atoms with Crippen LogP contribution in [0.4, 0.5) is 10.1 Å². The first-order valence-electron chi connectivity index (χ1n) is 6.20. The Bertz CT molecular complexity index is 845. The summed E-state index contributed by atoms with van der Waals surface area (Å²) < 4.78 is 18.1. The molecule has 0 radical (unpaired) electrons. The Morgan fingerprint density at radius 2 is 2.10 bits per heavy atom. The molecule has 1 heterocycles. The maximum Gasteiger partial charge on any atom is 0.304 e. The second-order valence-corrected chi connectivity index (χ2v) is 4.72. The van der Waals surface area contributed by atoms with Crippen LogP contribution in [0.15, 0.2) is 35.0 Å². The summed E-state index contributed by atoms with van der Waals surface area (Å²) in [5.41, 5.74) is 1.88. The lowest BCUT2D eigenvalue weighted by Crippen LogP contribution is -1.98. The third-order valence-corrected chi connectivity index (χ3v) is 3.30. The molecule has 0 atom stereocenters. The van der Waals surface area contributed by atoms with Crippen molar-refractivity contribution < 1.29 is 13.9 Å². The van der Waals surface area contributed by atoms with Crippen LogP contribution in [0.5, 0.6) is 0 Å². The fourth-order valence-corrected chi connectivity index (χ4v) is 2.19. The Labute approximate surface area is 118 Å². The van der Waals surface area contributed by atoms with E-state index in [4.69, 9.17) is 0 Å². The molecule has 0 aliphatic rings. The normalized spacial score (nSPS) is 11.0. The van der Waals surface area contributed by atoms with Crippen molar-refractivity contribution in [1.82, 2.24) is 10.3 Å². The molecule has 21 heavy (non-hydrogen) atoms. The summed E-state index contributed by atoms with van der Waals surface area (Å²) >= 11 is 0. The minimum atomic E-state index is -0.521. The number of rotatable bonds is 3. The van der Waals surface area contributed by atoms with Gasteiger partial charge in [-0.25, -0.2) is 9.02 Å². The summed E-state index contributed by atoms with van der Waals surface area (Å²) in [5.74, 6) is -0.334. The fraction of sp³-hybridized carbons (Fsp3) is 0.143. The third kappa shape index (κ3) is 2.33. The molecular formula is C14H10FN3O3. The van der Waals surface area contributed by atoms with Gasteiger partial charge >= 0.3 is 5.69 Å². The molecule has 0 fully saturated rings. The van der Waals surface area contributed by atoms with Gasteiger partial charge in [0.25, 0.3) is 0 Å². The number of aryl methyl sites for hydroxylation is 1. The van der Waals surface area contributed by atoms with Gasteiger partial charge in [-0.1, -0.05) is 12.1 Å². The second-order valence-electron chi connectivity index (χ2n) is 4.72. The van der Waals surface area contributed by atoms with E-state index in [9.17, 15) is 14.5 Å². The van der Waals surface area contributed by atoms with E-state index in [0.29, 0.717) is 22.2 Å². The lowest BCUT2D eigenvalue weighted by molar-refractivity contribution is -0.383. The molecule has 0 bridgehead atoms. The van der Waals surface area contributed by atoms with Gasteiger partial charge in [0, 0.05) is 12.0 Å². The smallest absolute Gasteiger partial charge is 0.258 e. The molecule has 3 rings (SSSR count). The molecule has 0 aliphatic carbocycles. The van der Waals surface area contributed by atoms with Crippen molar-refractivity contribution in [2.45, 2.75) is 13.3 Å². The number of hydrogen-bond acceptors (Lipinski definition) is 5. The van der Waals surface area contributed by atoms with Crippen molar-refractivity contribution in [1.29, 1.82) is 0 Å². The van der Waals surface area contributed by atoms with Crippen molar-refractivity contribution >= 4 is 16.7 Å². The Morgan fingerprint density at radius 3 is 2.81 bits per heavy atom. The van der Waals surface area contributed by atoms with Gasteiger partial charge < -0.3 is 0 Å². The van der Waals surface area contributed by atoms with Crippen molar-refractivity contribution in [3.05, 3.63) is 63.0 Å². The summed E-state index contributed by atoms with van der Waals surface area (Å²) in [7, 11) is 0. The first-order valence-corrected chi connectivity index (χ1v) is 6.20. The zero-order valence-electron chi connectivity index (χ0n) is 11.0. The zero-order valence-corrected chi connectivity index (χ0v) is 11.0. The number of fused-ring (bicyclic) bond motifs is 1. The standard InChI is InChI=1S/C14H10FN3O3/c1-8-2-3-9(7-11(8)15)6-10-4-5-12-13(17-21-16-12)14(10)18(19)20/h2-5,7H,6H2,1H3. The van der Waals surface area contributed by atoms with E-state index in [2.05, 4.69) is 14.9 Å². The van der Waals surface area contributed by atoms with Crippen LogP contribution in [0.25, 0.3) is 11.0 Å². The minimum Gasteiger partial charge on any atom is -0.258 e. The number of nitro groups is 1.